The van der Waals surface area contributed by atoms with E-state index in [-0.39, 0.29) is 12.4 Å². The van der Waals surface area contributed by atoms with E-state index in [1.165, 1.54) is 0 Å². The zero-order valence-electron chi connectivity index (χ0n) is 7.21. The minimum absolute atomic E-state index is 0.0896. The molecule has 0 unspecified atom stereocenters. The second-order valence-electron chi connectivity index (χ2n) is 2.89. The molecule has 3 N–H and O–H groups in total. The molecule has 0 atom stereocenters. The Morgan fingerprint density at radius 3 is 2.79 bits per heavy atom. The molecule has 0 fully saturated rings. The molecule has 0 bridgehead atoms. The van der Waals surface area contributed by atoms with Gasteiger partial charge in [-0.3, -0.25) is 0 Å². The third-order valence-corrected chi connectivity index (χ3v) is 1.87. The van der Waals surface area contributed by atoms with Crippen LogP contribution in [0, 0.1) is 0 Å². The number of aromatic nitrogens is 1. The average Bonchev–Trinajstić information content (AvgIpc) is 2.59. The van der Waals surface area contributed by atoms with Gasteiger partial charge in [0.05, 0.1) is 6.61 Å². The Morgan fingerprint density at radius 2 is 2.14 bits per heavy atom. The van der Waals surface area contributed by atoms with Crippen molar-refractivity contribution in [3.63, 3.8) is 0 Å². The number of aliphatic hydroxyl groups excluding tert-OH is 1. The van der Waals surface area contributed by atoms with Crippen molar-refractivity contribution in [1.29, 1.82) is 0 Å². The predicted molar refractivity (Wildman–Crippen MR) is 49.8 cm³/mol. The fourth-order valence-electron chi connectivity index (χ4n) is 1.20. The Hall–Kier alpha value is -1.37. The highest BCUT2D eigenvalue weighted by atomic mass is 16.4. The van der Waals surface area contributed by atoms with E-state index in [1.807, 2.05) is 0 Å². The number of benzene rings is 1. The molecule has 0 spiro atoms. The summed E-state index contributed by atoms with van der Waals surface area (Å²) in [5.41, 5.74) is 1.65. The Balaban J connectivity index is 2.54. The fraction of sp³-hybridized carbons (Fsp3) is 0.125. The van der Waals surface area contributed by atoms with E-state index in [0.29, 0.717) is 16.7 Å². The maximum Gasteiger partial charge on any atom is 0.548 e. The molecule has 2 aromatic rings. The van der Waals surface area contributed by atoms with E-state index in [4.69, 9.17) is 19.6 Å². The van der Waals surface area contributed by atoms with Crippen molar-refractivity contribution in [2.75, 3.05) is 0 Å². The smallest absolute Gasteiger partial charge is 0.444 e. The quantitative estimate of drug-likeness (QED) is 0.532. The molecule has 0 aliphatic heterocycles. The molecule has 14 heavy (non-hydrogen) atoms. The average molecular weight is 193 g/mol. The largest absolute Gasteiger partial charge is 0.548 e. The van der Waals surface area contributed by atoms with E-state index in [2.05, 4.69) is 4.98 Å². The lowest BCUT2D eigenvalue weighted by atomic mass is 9.93. The number of aliphatic hydroxyl groups is 1. The summed E-state index contributed by atoms with van der Waals surface area (Å²) in [4.78, 5) is 3.84. The van der Waals surface area contributed by atoms with Crippen molar-refractivity contribution < 1.29 is 19.6 Å². The lowest BCUT2D eigenvalue weighted by molar-refractivity contribution is 0.282. The fourth-order valence-corrected chi connectivity index (χ4v) is 1.20. The number of oxazole rings is 1. The topological polar surface area (TPSA) is 86.7 Å². The zero-order chi connectivity index (χ0) is 10.1. The summed E-state index contributed by atoms with van der Waals surface area (Å²) in [6.07, 6.45) is 0. The molecule has 0 aliphatic rings. The van der Waals surface area contributed by atoms with Crippen LogP contribution in [0.5, 0.6) is 0 Å². The first kappa shape index (κ1) is 9.20. The van der Waals surface area contributed by atoms with Crippen LogP contribution in [-0.2, 0) is 6.61 Å². The lowest BCUT2D eigenvalue weighted by Gasteiger charge is -1.92. The first-order valence-electron chi connectivity index (χ1n) is 4.07. The van der Waals surface area contributed by atoms with Crippen molar-refractivity contribution in [1.82, 2.24) is 4.98 Å². The Labute approximate surface area is 79.8 Å². The number of rotatable bonds is 2. The van der Waals surface area contributed by atoms with Crippen molar-refractivity contribution in [3.05, 3.63) is 23.8 Å². The van der Waals surface area contributed by atoms with Gasteiger partial charge in [-0.1, -0.05) is 6.07 Å². The van der Waals surface area contributed by atoms with Gasteiger partial charge < -0.3 is 19.6 Å². The highest BCUT2D eigenvalue weighted by molar-refractivity contribution is 6.56. The standard InChI is InChI=1S/C8H8BNO4/c11-4-5-1-2-6-7(3-5)14-8(10-6)9(12)13/h1-3,11-13H,4H2. The molecule has 2 rings (SSSR count). The summed E-state index contributed by atoms with van der Waals surface area (Å²) < 4.78 is 5.05. The van der Waals surface area contributed by atoms with Crippen LogP contribution < -0.4 is 5.79 Å². The third kappa shape index (κ3) is 1.50. The second-order valence-corrected chi connectivity index (χ2v) is 2.89. The first-order valence-corrected chi connectivity index (χ1v) is 4.07. The van der Waals surface area contributed by atoms with Crippen molar-refractivity contribution >= 4 is 24.0 Å². The minimum Gasteiger partial charge on any atom is -0.444 e. The van der Waals surface area contributed by atoms with Crippen molar-refractivity contribution in [2.24, 2.45) is 0 Å². The van der Waals surface area contributed by atoms with Crippen LogP contribution in [0.3, 0.4) is 0 Å². The minimum atomic E-state index is -1.71. The van der Waals surface area contributed by atoms with E-state index >= 15 is 0 Å². The SMILES string of the molecule is OCc1ccc2nc(B(O)O)oc2c1. The Kier molecular flexibility index (Phi) is 2.24. The second kappa shape index (κ2) is 3.41. The first-order chi connectivity index (χ1) is 6.70. The van der Waals surface area contributed by atoms with E-state index in [1.54, 1.807) is 18.2 Å². The van der Waals surface area contributed by atoms with Crippen molar-refractivity contribution in [2.45, 2.75) is 6.61 Å². The molecular formula is C8H8BNO4. The zero-order valence-corrected chi connectivity index (χ0v) is 7.21. The molecule has 0 amide bonds. The molecular weight excluding hydrogens is 185 g/mol. The van der Waals surface area contributed by atoms with Crippen LogP contribution in [0.4, 0.5) is 0 Å². The van der Waals surface area contributed by atoms with Gasteiger partial charge in [-0.25, -0.2) is 4.98 Å². The van der Waals surface area contributed by atoms with Crippen LogP contribution in [0.15, 0.2) is 22.6 Å². The maximum absolute atomic E-state index is 8.85. The van der Waals surface area contributed by atoms with Gasteiger partial charge >= 0.3 is 7.12 Å². The van der Waals surface area contributed by atoms with Gasteiger partial charge in [-0.05, 0) is 17.7 Å². The predicted octanol–water partition coefficient (Wildman–Crippen LogP) is -1.00. The van der Waals surface area contributed by atoms with E-state index < -0.39 is 7.12 Å². The molecule has 0 aliphatic carbocycles. The van der Waals surface area contributed by atoms with Gasteiger partial charge in [0.15, 0.2) is 5.58 Å². The van der Waals surface area contributed by atoms with Gasteiger partial charge in [-0.15, -0.1) is 0 Å². The molecule has 5 nitrogen and oxygen atoms in total. The number of nitrogens with zero attached hydrogens (tertiary/aromatic N) is 1. The molecule has 0 radical (unpaired) electrons. The monoisotopic (exact) mass is 193 g/mol. The number of hydrogen-bond acceptors (Lipinski definition) is 5. The highest BCUT2D eigenvalue weighted by Gasteiger charge is 2.19. The lowest BCUT2D eigenvalue weighted by Crippen LogP contribution is -2.30. The molecule has 72 valence electrons. The van der Waals surface area contributed by atoms with Gasteiger partial charge in [0.25, 0.3) is 0 Å². The summed E-state index contributed by atoms with van der Waals surface area (Å²) in [7, 11) is -1.71. The summed E-state index contributed by atoms with van der Waals surface area (Å²) in [6.45, 7) is -0.0896. The van der Waals surface area contributed by atoms with Crippen LogP contribution >= 0.6 is 0 Å². The summed E-state index contributed by atoms with van der Waals surface area (Å²) in [6, 6.07) is 4.95. The normalized spacial score (nSPS) is 10.8. The molecule has 0 saturated heterocycles. The van der Waals surface area contributed by atoms with Crippen LogP contribution in [-0.4, -0.2) is 27.3 Å². The Morgan fingerprint density at radius 1 is 1.36 bits per heavy atom. The highest BCUT2D eigenvalue weighted by Crippen LogP contribution is 2.13. The van der Waals surface area contributed by atoms with Crippen LogP contribution in [0.2, 0.25) is 0 Å². The van der Waals surface area contributed by atoms with Gasteiger partial charge in [0, 0.05) is 0 Å². The number of hydrogen-bond donors (Lipinski definition) is 3. The van der Waals surface area contributed by atoms with E-state index in [0.717, 1.165) is 0 Å². The van der Waals surface area contributed by atoms with Crippen LogP contribution in [0.25, 0.3) is 11.1 Å². The molecule has 1 heterocycles. The summed E-state index contributed by atoms with van der Waals surface area (Å²) in [5.74, 6) is -0.143. The van der Waals surface area contributed by atoms with E-state index in [9.17, 15) is 0 Å². The Bertz CT molecular complexity index is 454. The van der Waals surface area contributed by atoms with Gasteiger partial charge in [-0.2, -0.15) is 0 Å². The summed E-state index contributed by atoms with van der Waals surface area (Å²) >= 11 is 0. The summed E-state index contributed by atoms with van der Waals surface area (Å²) in [5, 5.41) is 26.5. The van der Waals surface area contributed by atoms with Gasteiger partial charge in [0.1, 0.15) is 5.52 Å². The van der Waals surface area contributed by atoms with Crippen molar-refractivity contribution in [3.8, 4) is 0 Å². The van der Waals surface area contributed by atoms with Gasteiger partial charge in [0.2, 0.25) is 5.79 Å². The molecule has 1 aromatic heterocycles. The molecule has 0 saturated carbocycles. The third-order valence-electron chi connectivity index (χ3n) is 1.87. The maximum atomic E-state index is 8.85. The molecule has 6 heteroatoms. The number of fused-ring (bicyclic) bond motifs is 1. The molecule has 1 aromatic carbocycles. The van der Waals surface area contributed by atoms with Crippen LogP contribution in [0.1, 0.15) is 5.56 Å².